The first kappa shape index (κ1) is 14.4. The number of hydrogen-bond acceptors (Lipinski definition) is 4. The topological polar surface area (TPSA) is 92.5 Å². The smallest absolute Gasteiger partial charge is 0.254 e. The summed E-state index contributed by atoms with van der Waals surface area (Å²) in [6.07, 6.45) is 0.954. The molecule has 0 aliphatic rings. The van der Waals surface area contributed by atoms with Crippen LogP contribution in [0.3, 0.4) is 0 Å². The lowest BCUT2D eigenvalue weighted by Gasteiger charge is -2.21. The van der Waals surface area contributed by atoms with Gasteiger partial charge in [0.2, 0.25) is 10.0 Å². The van der Waals surface area contributed by atoms with E-state index in [2.05, 4.69) is 0 Å². The molecule has 1 aromatic rings. The van der Waals surface area contributed by atoms with E-state index < -0.39 is 28.3 Å². The minimum atomic E-state index is -3.66. The van der Waals surface area contributed by atoms with Crippen molar-refractivity contribution in [3.8, 4) is 0 Å². The number of nitrogens with two attached hydrogens (primary N) is 1. The summed E-state index contributed by atoms with van der Waals surface area (Å²) in [5.41, 5.74) is 2.34. The Morgan fingerprint density at radius 3 is 2.56 bits per heavy atom. The molecule has 6 nitrogen and oxygen atoms in total. The van der Waals surface area contributed by atoms with Crippen molar-refractivity contribution in [1.82, 2.24) is 5.43 Å². The van der Waals surface area contributed by atoms with E-state index in [0.717, 1.165) is 16.6 Å². The third-order valence-electron chi connectivity index (χ3n) is 2.28. The number of benzene rings is 1. The molecule has 0 aliphatic carbocycles. The zero-order valence-electron chi connectivity index (χ0n) is 9.97. The molecule has 3 N–H and O–H groups in total. The molecular weight excluding hydrogens is 261 g/mol. The van der Waals surface area contributed by atoms with Crippen molar-refractivity contribution in [3.05, 3.63) is 29.6 Å². The van der Waals surface area contributed by atoms with Crippen molar-refractivity contribution in [2.45, 2.75) is 6.92 Å². The summed E-state index contributed by atoms with van der Waals surface area (Å²) in [4.78, 5) is 11.2. The standard InChI is InChI=1S/C10H14FN3O3S/c1-7-5-8(3-4-9(7)11)14(18(2,16)17)6-10(15)13-12/h3-5H,6,12H2,1-2H3,(H,13,15). The molecule has 0 fully saturated rings. The van der Waals surface area contributed by atoms with Crippen molar-refractivity contribution < 1.29 is 17.6 Å². The summed E-state index contributed by atoms with van der Waals surface area (Å²) < 4.78 is 37.2. The molecule has 0 unspecified atom stereocenters. The molecule has 0 aromatic heterocycles. The van der Waals surface area contributed by atoms with Gasteiger partial charge in [-0.25, -0.2) is 18.7 Å². The number of carbonyl (C=O) groups excluding carboxylic acids is 1. The van der Waals surface area contributed by atoms with Crippen LogP contribution < -0.4 is 15.6 Å². The number of halogens is 1. The third-order valence-corrected chi connectivity index (χ3v) is 3.42. The van der Waals surface area contributed by atoms with Gasteiger partial charge in [-0.2, -0.15) is 0 Å². The van der Waals surface area contributed by atoms with Gasteiger partial charge in [0, 0.05) is 0 Å². The fourth-order valence-electron chi connectivity index (χ4n) is 1.36. The first-order valence-electron chi connectivity index (χ1n) is 4.99. The molecule has 100 valence electrons. The third kappa shape index (κ3) is 3.41. The number of nitrogens with zero attached hydrogens (tertiary/aromatic N) is 1. The minimum absolute atomic E-state index is 0.208. The van der Waals surface area contributed by atoms with Gasteiger partial charge >= 0.3 is 0 Å². The molecule has 0 heterocycles. The Balaban J connectivity index is 3.18. The monoisotopic (exact) mass is 275 g/mol. The van der Waals surface area contributed by atoms with Crippen molar-refractivity contribution >= 4 is 21.6 Å². The van der Waals surface area contributed by atoms with Crippen LogP contribution in [0.1, 0.15) is 5.56 Å². The van der Waals surface area contributed by atoms with Crippen LogP contribution in [-0.4, -0.2) is 27.1 Å². The molecule has 0 atom stereocenters. The largest absolute Gasteiger partial charge is 0.293 e. The zero-order chi connectivity index (χ0) is 13.9. The molecule has 0 aliphatic heterocycles. The van der Waals surface area contributed by atoms with Gasteiger partial charge in [0.1, 0.15) is 12.4 Å². The normalized spacial score (nSPS) is 11.1. The van der Waals surface area contributed by atoms with Crippen LogP contribution in [0, 0.1) is 12.7 Å². The Labute approximate surface area is 105 Å². The Kier molecular flexibility index (Phi) is 4.25. The average Bonchev–Trinajstić information content (AvgIpc) is 2.28. The van der Waals surface area contributed by atoms with Gasteiger partial charge in [0.25, 0.3) is 5.91 Å². The Hall–Kier alpha value is -1.67. The molecule has 0 saturated heterocycles. The fourth-order valence-corrected chi connectivity index (χ4v) is 2.21. The number of carbonyl (C=O) groups is 1. The number of sulfonamides is 1. The van der Waals surface area contributed by atoms with Crippen LogP contribution in [0.4, 0.5) is 10.1 Å². The number of hydrazine groups is 1. The lowest BCUT2D eigenvalue weighted by Crippen LogP contribution is -2.42. The molecule has 1 aromatic carbocycles. The van der Waals surface area contributed by atoms with Crippen molar-refractivity contribution in [2.24, 2.45) is 5.84 Å². The molecule has 0 spiro atoms. The van der Waals surface area contributed by atoms with E-state index >= 15 is 0 Å². The SMILES string of the molecule is Cc1cc(N(CC(=O)NN)S(C)(=O)=O)ccc1F. The summed E-state index contributed by atoms with van der Waals surface area (Å²) >= 11 is 0. The second-order valence-corrected chi connectivity index (χ2v) is 5.68. The van der Waals surface area contributed by atoms with Gasteiger partial charge in [-0.1, -0.05) is 0 Å². The molecule has 18 heavy (non-hydrogen) atoms. The number of nitrogens with one attached hydrogen (secondary N) is 1. The predicted molar refractivity (Wildman–Crippen MR) is 65.7 cm³/mol. The van der Waals surface area contributed by atoms with Crippen molar-refractivity contribution in [3.63, 3.8) is 0 Å². The number of amides is 1. The van der Waals surface area contributed by atoms with Gasteiger partial charge in [-0.15, -0.1) is 0 Å². The molecular formula is C10H14FN3O3S. The lowest BCUT2D eigenvalue weighted by molar-refractivity contribution is -0.119. The average molecular weight is 275 g/mol. The van der Waals surface area contributed by atoms with Crippen LogP contribution in [0.2, 0.25) is 0 Å². The van der Waals surface area contributed by atoms with Gasteiger partial charge < -0.3 is 0 Å². The quantitative estimate of drug-likeness (QED) is 0.455. The van der Waals surface area contributed by atoms with Crippen LogP contribution >= 0.6 is 0 Å². The van der Waals surface area contributed by atoms with Crippen LogP contribution in [0.15, 0.2) is 18.2 Å². The molecule has 0 saturated carbocycles. The first-order chi connectivity index (χ1) is 8.25. The van der Waals surface area contributed by atoms with Gasteiger partial charge in [0.15, 0.2) is 0 Å². The molecule has 8 heteroatoms. The predicted octanol–water partition coefficient (Wildman–Crippen LogP) is -0.110. The summed E-state index contributed by atoms with van der Waals surface area (Å²) in [5, 5.41) is 0. The summed E-state index contributed by atoms with van der Waals surface area (Å²) in [5.74, 6) is 3.80. The van der Waals surface area contributed by atoms with Crippen LogP contribution in [0.5, 0.6) is 0 Å². The second-order valence-electron chi connectivity index (χ2n) is 3.77. The summed E-state index contributed by atoms with van der Waals surface area (Å²) in [7, 11) is -3.66. The van der Waals surface area contributed by atoms with Gasteiger partial charge in [-0.05, 0) is 30.7 Å². The second kappa shape index (κ2) is 5.32. The lowest BCUT2D eigenvalue weighted by atomic mass is 10.2. The maximum Gasteiger partial charge on any atom is 0.254 e. The highest BCUT2D eigenvalue weighted by Crippen LogP contribution is 2.20. The molecule has 1 amide bonds. The van der Waals surface area contributed by atoms with E-state index in [4.69, 9.17) is 5.84 Å². The highest BCUT2D eigenvalue weighted by molar-refractivity contribution is 7.92. The number of hydrogen-bond donors (Lipinski definition) is 2. The van der Waals surface area contributed by atoms with E-state index in [9.17, 15) is 17.6 Å². The Bertz CT molecular complexity index is 559. The molecule has 0 bridgehead atoms. The maximum atomic E-state index is 13.1. The highest BCUT2D eigenvalue weighted by atomic mass is 32.2. The number of anilines is 1. The van der Waals surface area contributed by atoms with E-state index in [1.54, 1.807) is 0 Å². The molecule has 1 rings (SSSR count). The van der Waals surface area contributed by atoms with Gasteiger partial charge in [0.05, 0.1) is 11.9 Å². The fraction of sp³-hybridized carbons (Fsp3) is 0.300. The Morgan fingerprint density at radius 1 is 1.50 bits per heavy atom. The Morgan fingerprint density at radius 2 is 2.11 bits per heavy atom. The van der Waals surface area contributed by atoms with Crippen molar-refractivity contribution in [2.75, 3.05) is 17.1 Å². The highest BCUT2D eigenvalue weighted by Gasteiger charge is 2.20. The van der Waals surface area contributed by atoms with E-state index in [0.29, 0.717) is 0 Å². The van der Waals surface area contributed by atoms with E-state index in [1.165, 1.54) is 19.1 Å². The summed E-state index contributed by atoms with van der Waals surface area (Å²) in [6, 6.07) is 3.77. The first-order valence-corrected chi connectivity index (χ1v) is 6.84. The van der Waals surface area contributed by atoms with Gasteiger partial charge in [-0.3, -0.25) is 14.5 Å². The number of aryl methyl sites for hydroxylation is 1. The minimum Gasteiger partial charge on any atom is -0.293 e. The van der Waals surface area contributed by atoms with E-state index in [-0.39, 0.29) is 11.3 Å². The molecule has 0 radical (unpaired) electrons. The zero-order valence-corrected chi connectivity index (χ0v) is 10.8. The maximum absolute atomic E-state index is 13.1. The number of rotatable bonds is 4. The van der Waals surface area contributed by atoms with E-state index in [1.807, 2.05) is 5.43 Å². The van der Waals surface area contributed by atoms with Crippen LogP contribution in [-0.2, 0) is 14.8 Å². The van der Waals surface area contributed by atoms with Crippen molar-refractivity contribution in [1.29, 1.82) is 0 Å². The van der Waals surface area contributed by atoms with Crippen LogP contribution in [0.25, 0.3) is 0 Å². The summed E-state index contributed by atoms with van der Waals surface area (Å²) in [6.45, 7) is 1.04.